The van der Waals surface area contributed by atoms with Gasteiger partial charge in [0, 0.05) is 105 Å². The van der Waals surface area contributed by atoms with Gasteiger partial charge in [-0.05, 0) is 25.9 Å². The van der Waals surface area contributed by atoms with Crippen molar-refractivity contribution in [3.8, 4) is 0 Å². The zero-order valence-electron chi connectivity index (χ0n) is 24.1. The van der Waals surface area contributed by atoms with Gasteiger partial charge in [-0.1, -0.05) is 33.1 Å². The van der Waals surface area contributed by atoms with Crippen LogP contribution >= 0.6 is 0 Å². The first kappa shape index (κ1) is 35.6. The first-order valence-electron chi connectivity index (χ1n) is 14.8. The molecule has 0 unspecified atom stereocenters. The van der Waals surface area contributed by atoms with Crippen molar-refractivity contribution in [2.24, 2.45) is 22.9 Å². The molecule has 10 N–H and O–H groups in total. The molecular formula is C26H64N10. The minimum Gasteiger partial charge on any atom is -0.329 e. The molecule has 0 aliphatic carbocycles. The summed E-state index contributed by atoms with van der Waals surface area (Å²) in [7, 11) is 0. The van der Waals surface area contributed by atoms with Crippen molar-refractivity contribution in [3.05, 3.63) is 0 Å². The number of rotatable bonds is 29. The molecule has 0 atom stereocenters. The minimum atomic E-state index is 0.676. The predicted molar refractivity (Wildman–Crippen MR) is 157 cm³/mol. The molecule has 10 nitrogen and oxygen atoms in total. The lowest BCUT2D eigenvalue weighted by Crippen LogP contribution is -2.47. The van der Waals surface area contributed by atoms with Gasteiger partial charge in [0.05, 0.1) is 6.67 Å². The SMILES string of the molecule is CCCCCCN(CCN(CCNCCN)CCNCCN(CCC)CCN)CN(CCN)CCN. The van der Waals surface area contributed by atoms with Crippen LogP contribution in [0.25, 0.3) is 0 Å². The Morgan fingerprint density at radius 3 is 1.44 bits per heavy atom. The summed E-state index contributed by atoms with van der Waals surface area (Å²) < 4.78 is 0. The van der Waals surface area contributed by atoms with Crippen molar-refractivity contribution in [1.29, 1.82) is 0 Å². The van der Waals surface area contributed by atoms with Crippen molar-refractivity contribution in [1.82, 2.24) is 30.2 Å². The van der Waals surface area contributed by atoms with Gasteiger partial charge in [0.15, 0.2) is 0 Å². The Balaban J connectivity index is 4.76. The number of hydrogen-bond acceptors (Lipinski definition) is 10. The summed E-state index contributed by atoms with van der Waals surface area (Å²) >= 11 is 0. The summed E-state index contributed by atoms with van der Waals surface area (Å²) in [6.45, 7) is 22.4. The maximum Gasteiger partial charge on any atom is 0.0507 e. The van der Waals surface area contributed by atoms with Crippen LogP contribution in [-0.2, 0) is 0 Å². The van der Waals surface area contributed by atoms with Gasteiger partial charge in [-0.2, -0.15) is 0 Å². The van der Waals surface area contributed by atoms with E-state index in [0.717, 1.165) is 105 Å². The van der Waals surface area contributed by atoms with Crippen molar-refractivity contribution in [3.63, 3.8) is 0 Å². The average molecular weight is 517 g/mol. The van der Waals surface area contributed by atoms with Gasteiger partial charge in [0.1, 0.15) is 0 Å². The van der Waals surface area contributed by atoms with E-state index in [2.05, 4.69) is 44.1 Å². The van der Waals surface area contributed by atoms with Gasteiger partial charge in [-0.15, -0.1) is 0 Å². The maximum atomic E-state index is 5.87. The quantitative estimate of drug-likeness (QED) is 0.0550. The van der Waals surface area contributed by atoms with E-state index in [4.69, 9.17) is 22.9 Å². The summed E-state index contributed by atoms with van der Waals surface area (Å²) in [5, 5.41) is 7.11. The Kier molecular flexibility index (Phi) is 27.3. The smallest absolute Gasteiger partial charge is 0.0507 e. The lowest BCUT2D eigenvalue weighted by Gasteiger charge is -2.32. The Hall–Kier alpha value is -0.400. The van der Waals surface area contributed by atoms with E-state index in [9.17, 15) is 0 Å². The average Bonchev–Trinajstić information content (AvgIpc) is 2.87. The molecule has 218 valence electrons. The maximum absolute atomic E-state index is 5.87. The van der Waals surface area contributed by atoms with Crippen LogP contribution in [0.15, 0.2) is 0 Å². The highest BCUT2D eigenvalue weighted by Crippen LogP contribution is 2.04. The third kappa shape index (κ3) is 21.7. The first-order valence-corrected chi connectivity index (χ1v) is 14.8. The molecule has 0 heterocycles. The number of hydrogen-bond donors (Lipinski definition) is 6. The van der Waals surface area contributed by atoms with Crippen molar-refractivity contribution in [2.45, 2.75) is 46.0 Å². The van der Waals surface area contributed by atoms with Crippen molar-refractivity contribution >= 4 is 0 Å². The van der Waals surface area contributed by atoms with Gasteiger partial charge in [0.25, 0.3) is 0 Å². The summed E-state index contributed by atoms with van der Waals surface area (Å²) in [4.78, 5) is 10.0. The molecule has 0 saturated heterocycles. The molecule has 0 aromatic carbocycles. The lowest BCUT2D eigenvalue weighted by atomic mass is 10.2. The predicted octanol–water partition coefficient (Wildman–Crippen LogP) is -0.844. The Labute approximate surface area is 223 Å². The molecule has 0 saturated carbocycles. The second kappa shape index (κ2) is 27.6. The molecule has 0 aromatic rings. The zero-order chi connectivity index (χ0) is 26.7. The highest BCUT2D eigenvalue weighted by Gasteiger charge is 2.13. The number of nitrogens with one attached hydrogen (secondary N) is 2. The van der Waals surface area contributed by atoms with Crippen LogP contribution in [0.2, 0.25) is 0 Å². The van der Waals surface area contributed by atoms with Gasteiger partial charge in [-0.25, -0.2) is 0 Å². The summed E-state index contributed by atoms with van der Waals surface area (Å²) in [6, 6.07) is 0. The molecule has 0 radical (unpaired) electrons. The van der Waals surface area contributed by atoms with E-state index >= 15 is 0 Å². The fraction of sp³-hybridized carbons (Fsp3) is 1.00. The van der Waals surface area contributed by atoms with Crippen LogP contribution in [0.5, 0.6) is 0 Å². The fourth-order valence-electron chi connectivity index (χ4n) is 4.43. The van der Waals surface area contributed by atoms with Gasteiger partial charge in [-0.3, -0.25) is 14.7 Å². The first-order chi connectivity index (χ1) is 17.6. The molecule has 0 spiro atoms. The lowest BCUT2D eigenvalue weighted by molar-refractivity contribution is 0.118. The van der Waals surface area contributed by atoms with Crippen LogP contribution in [0.1, 0.15) is 46.0 Å². The third-order valence-electron chi connectivity index (χ3n) is 6.47. The molecule has 0 aliphatic heterocycles. The van der Waals surface area contributed by atoms with E-state index in [1.807, 2.05) is 0 Å². The molecule has 0 fully saturated rings. The molecule has 36 heavy (non-hydrogen) atoms. The Morgan fingerprint density at radius 2 is 0.917 bits per heavy atom. The fourth-order valence-corrected chi connectivity index (χ4v) is 4.43. The van der Waals surface area contributed by atoms with Crippen molar-refractivity contribution < 1.29 is 0 Å². The van der Waals surface area contributed by atoms with Gasteiger partial charge in [0.2, 0.25) is 0 Å². The van der Waals surface area contributed by atoms with Crippen LogP contribution < -0.4 is 33.6 Å². The van der Waals surface area contributed by atoms with E-state index in [1.165, 1.54) is 32.1 Å². The molecule has 0 aliphatic rings. The van der Waals surface area contributed by atoms with Crippen LogP contribution in [0.4, 0.5) is 0 Å². The monoisotopic (exact) mass is 517 g/mol. The highest BCUT2D eigenvalue weighted by atomic mass is 15.3. The van der Waals surface area contributed by atoms with E-state index in [-0.39, 0.29) is 0 Å². The molecule has 0 bridgehead atoms. The molecule has 0 amide bonds. The molecule has 0 rings (SSSR count). The summed E-state index contributed by atoms with van der Waals surface area (Å²) in [6.07, 6.45) is 6.31. The van der Waals surface area contributed by atoms with Crippen LogP contribution in [0.3, 0.4) is 0 Å². The zero-order valence-corrected chi connectivity index (χ0v) is 24.1. The normalized spacial score (nSPS) is 12.2. The standard InChI is InChI=1S/C26H64N10/c1-3-5-6-7-17-35(26-36(19-10-29)20-11-30)25-24-34(22-13-31-12-8-27)23-15-32-14-21-33(16-4-2)18-9-28/h31-32H,3-30H2,1-2H3. The van der Waals surface area contributed by atoms with Gasteiger partial charge >= 0.3 is 0 Å². The topological polar surface area (TPSA) is 141 Å². The van der Waals surface area contributed by atoms with E-state index in [0.29, 0.717) is 19.6 Å². The second-order valence-corrected chi connectivity index (χ2v) is 9.78. The van der Waals surface area contributed by atoms with E-state index in [1.54, 1.807) is 0 Å². The molecule has 10 heteroatoms. The summed E-state index contributed by atoms with van der Waals surface area (Å²) in [5.41, 5.74) is 23.2. The summed E-state index contributed by atoms with van der Waals surface area (Å²) in [5.74, 6) is 0. The Morgan fingerprint density at radius 1 is 0.417 bits per heavy atom. The largest absolute Gasteiger partial charge is 0.329 e. The highest BCUT2D eigenvalue weighted by molar-refractivity contribution is 4.69. The third-order valence-corrected chi connectivity index (χ3v) is 6.47. The number of nitrogens with two attached hydrogens (primary N) is 4. The van der Waals surface area contributed by atoms with Gasteiger partial charge < -0.3 is 38.5 Å². The number of unbranched alkanes of at least 4 members (excludes halogenated alkanes) is 3. The number of nitrogens with zero attached hydrogens (tertiary/aromatic N) is 4. The van der Waals surface area contributed by atoms with Crippen LogP contribution in [0, 0.1) is 0 Å². The van der Waals surface area contributed by atoms with Crippen molar-refractivity contribution in [2.75, 3.05) is 124 Å². The Bertz CT molecular complexity index is 418. The molecule has 0 aromatic heterocycles. The van der Waals surface area contributed by atoms with E-state index < -0.39 is 0 Å². The minimum absolute atomic E-state index is 0.676. The second-order valence-electron chi connectivity index (χ2n) is 9.78. The van der Waals surface area contributed by atoms with Crippen LogP contribution in [-0.4, -0.2) is 144 Å². The molecular weight excluding hydrogens is 452 g/mol.